The molecule has 0 unspecified atom stereocenters. The molecule has 0 aliphatic rings. The minimum absolute atomic E-state index is 0.0484. The lowest BCUT2D eigenvalue weighted by Gasteiger charge is -2.17. The summed E-state index contributed by atoms with van der Waals surface area (Å²) < 4.78 is 5.89. The van der Waals surface area contributed by atoms with Crippen molar-refractivity contribution < 1.29 is 14.3 Å². The summed E-state index contributed by atoms with van der Waals surface area (Å²) in [6, 6.07) is 36.3. The van der Waals surface area contributed by atoms with Gasteiger partial charge in [0, 0.05) is 10.8 Å². The highest BCUT2D eigenvalue weighted by Gasteiger charge is 2.22. The standard InChI is InChI=1S/C36H30O3S/c1-2-11-28(40-36(38)34-31-18-9-5-14-26(31)23-27-15-6-10-19-32(27)34)20-21-39-35(37)33-29-16-7-3-12-24(29)22-25-13-4-8-17-30(25)33/h3-10,12-19,22-23,28H,2,11,20-21H2,1H3/t28-/m0/s1. The molecule has 3 nitrogen and oxygen atoms in total. The van der Waals surface area contributed by atoms with Gasteiger partial charge in [-0.1, -0.05) is 122 Å². The lowest BCUT2D eigenvalue weighted by atomic mass is 9.97. The Labute approximate surface area is 238 Å². The second-order valence-corrected chi connectivity index (χ2v) is 11.4. The molecule has 0 heterocycles. The van der Waals surface area contributed by atoms with Crippen LogP contribution in [0, 0.1) is 0 Å². The molecule has 0 bridgehead atoms. The number of hydrogen-bond donors (Lipinski definition) is 0. The summed E-state index contributed by atoms with van der Waals surface area (Å²) in [7, 11) is 0. The summed E-state index contributed by atoms with van der Waals surface area (Å²) >= 11 is 1.37. The van der Waals surface area contributed by atoms with Gasteiger partial charge in [-0.05, 0) is 68.1 Å². The van der Waals surface area contributed by atoms with Crippen LogP contribution in [0.5, 0.6) is 0 Å². The largest absolute Gasteiger partial charge is 0.462 e. The minimum Gasteiger partial charge on any atom is -0.462 e. The van der Waals surface area contributed by atoms with Crippen LogP contribution in [0.4, 0.5) is 0 Å². The van der Waals surface area contributed by atoms with Crippen LogP contribution in [0.2, 0.25) is 0 Å². The molecular formula is C36H30O3S. The van der Waals surface area contributed by atoms with Gasteiger partial charge in [-0.2, -0.15) is 0 Å². The molecule has 0 fully saturated rings. The first-order chi connectivity index (χ1) is 19.6. The van der Waals surface area contributed by atoms with Gasteiger partial charge in [-0.25, -0.2) is 4.79 Å². The van der Waals surface area contributed by atoms with Gasteiger partial charge < -0.3 is 4.74 Å². The summed E-state index contributed by atoms with van der Waals surface area (Å²) in [5.41, 5.74) is 1.37. The smallest absolute Gasteiger partial charge is 0.339 e. The number of thioether (sulfide) groups is 1. The van der Waals surface area contributed by atoms with E-state index in [2.05, 4.69) is 31.2 Å². The molecular weight excluding hydrogens is 512 g/mol. The highest BCUT2D eigenvalue weighted by Crippen LogP contribution is 2.34. The highest BCUT2D eigenvalue weighted by molar-refractivity contribution is 8.14. The van der Waals surface area contributed by atoms with Crippen molar-refractivity contribution >= 4 is 65.9 Å². The van der Waals surface area contributed by atoms with Crippen molar-refractivity contribution in [1.29, 1.82) is 0 Å². The van der Waals surface area contributed by atoms with Gasteiger partial charge in [0.05, 0.1) is 12.2 Å². The van der Waals surface area contributed by atoms with Crippen LogP contribution in [-0.2, 0) is 4.74 Å². The fourth-order valence-corrected chi connectivity index (χ4v) is 6.83. The van der Waals surface area contributed by atoms with E-state index >= 15 is 0 Å². The molecule has 0 radical (unpaired) electrons. The molecule has 6 aromatic carbocycles. The van der Waals surface area contributed by atoms with Crippen molar-refractivity contribution in [3.05, 3.63) is 120 Å². The molecule has 6 aromatic rings. The second kappa shape index (κ2) is 11.5. The number of rotatable bonds is 8. The summed E-state index contributed by atoms with van der Waals surface area (Å²) in [6.45, 7) is 2.39. The number of carbonyl (C=O) groups is 2. The average Bonchev–Trinajstić information content (AvgIpc) is 2.98. The van der Waals surface area contributed by atoms with Crippen molar-refractivity contribution in [3.8, 4) is 0 Å². The third-order valence-electron chi connectivity index (χ3n) is 7.51. The van der Waals surface area contributed by atoms with E-state index in [4.69, 9.17) is 4.74 Å². The van der Waals surface area contributed by atoms with E-state index in [0.717, 1.165) is 61.5 Å². The van der Waals surface area contributed by atoms with Crippen molar-refractivity contribution in [3.63, 3.8) is 0 Å². The Morgan fingerprint density at radius 3 is 1.50 bits per heavy atom. The van der Waals surface area contributed by atoms with Crippen LogP contribution in [0.15, 0.2) is 109 Å². The quantitative estimate of drug-likeness (QED) is 0.142. The van der Waals surface area contributed by atoms with Crippen LogP contribution in [0.1, 0.15) is 46.9 Å². The molecule has 0 saturated carbocycles. The van der Waals surface area contributed by atoms with E-state index in [1.165, 1.54) is 11.8 Å². The molecule has 40 heavy (non-hydrogen) atoms. The van der Waals surface area contributed by atoms with Gasteiger partial charge in [-0.3, -0.25) is 4.79 Å². The molecule has 4 heteroatoms. The zero-order valence-electron chi connectivity index (χ0n) is 22.4. The SMILES string of the molecule is CCC[C@@H](CCOC(=O)c1c2ccccc2cc2ccccc12)SC(=O)c1c2ccccc2cc2ccccc12. The zero-order chi connectivity index (χ0) is 27.5. The number of carbonyl (C=O) groups excluding carboxylic acids is 2. The summed E-state index contributed by atoms with van der Waals surface area (Å²) in [4.78, 5) is 27.3. The summed E-state index contributed by atoms with van der Waals surface area (Å²) in [5.74, 6) is -0.320. The Kier molecular flexibility index (Phi) is 7.52. The number of esters is 1. The Bertz CT molecular complexity index is 1770. The number of benzene rings is 6. The normalized spacial score (nSPS) is 12.2. The molecule has 6 rings (SSSR count). The first kappa shape index (κ1) is 26.1. The first-order valence-corrected chi connectivity index (χ1v) is 14.7. The Morgan fingerprint density at radius 2 is 1.05 bits per heavy atom. The van der Waals surface area contributed by atoms with Gasteiger partial charge in [0.15, 0.2) is 0 Å². The van der Waals surface area contributed by atoms with Crippen LogP contribution in [0.25, 0.3) is 43.1 Å². The van der Waals surface area contributed by atoms with E-state index in [-0.39, 0.29) is 22.9 Å². The molecule has 0 spiro atoms. The van der Waals surface area contributed by atoms with E-state index in [1.807, 2.05) is 84.9 Å². The molecule has 0 aliphatic heterocycles. The molecule has 0 N–H and O–H groups in total. The van der Waals surface area contributed by atoms with Crippen LogP contribution in [0.3, 0.4) is 0 Å². The number of fused-ring (bicyclic) bond motifs is 4. The van der Waals surface area contributed by atoms with Crippen molar-refractivity contribution in [1.82, 2.24) is 0 Å². The lowest BCUT2D eigenvalue weighted by molar-refractivity contribution is 0.0504. The molecule has 0 amide bonds. The molecule has 0 aliphatic carbocycles. The van der Waals surface area contributed by atoms with Crippen LogP contribution < -0.4 is 0 Å². The second-order valence-electron chi connectivity index (χ2n) is 10.1. The summed E-state index contributed by atoms with van der Waals surface area (Å²) in [5, 5.41) is 8.01. The number of ether oxygens (including phenoxy) is 1. The fourth-order valence-electron chi connectivity index (χ4n) is 5.62. The van der Waals surface area contributed by atoms with Crippen LogP contribution >= 0.6 is 11.8 Å². The van der Waals surface area contributed by atoms with Gasteiger partial charge in [0.2, 0.25) is 5.12 Å². The topological polar surface area (TPSA) is 43.4 Å². The van der Waals surface area contributed by atoms with Gasteiger partial charge in [0.1, 0.15) is 0 Å². The number of hydrogen-bond acceptors (Lipinski definition) is 4. The summed E-state index contributed by atoms with van der Waals surface area (Å²) in [6.07, 6.45) is 2.43. The Balaban J connectivity index is 1.23. The maximum absolute atomic E-state index is 13.8. The van der Waals surface area contributed by atoms with Crippen molar-refractivity contribution in [2.45, 2.75) is 31.4 Å². The first-order valence-electron chi connectivity index (χ1n) is 13.8. The Morgan fingerprint density at radius 1 is 0.625 bits per heavy atom. The minimum atomic E-state index is -0.320. The van der Waals surface area contributed by atoms with Gasteiger partial charge in [-0.15, -0.1) is 0 Å². The monoisotopic (exact) mass is 542 g/mol. The molecule has 0 aromatic heterocycles. The zero-order valence-corrected chi connectivity index (χ0v) is 23.2. The van der Waals surface area contributed by atoms with E-state index in [0.29, 0.717) is 12.0 Å². The van der Waals surface area contributed by atoms with E-state index < -0.39 is 0 Å². The molecule has 0 saturated heterocycles. The van der Waals surface area contributed by atoms with Crippen molar-refractivity contribution in [2.75, 3.05) is 6.61 Å². The predicted molar refractivity (Wildman–Crippen MR) is 168 cm³/mol. The fraction of sp³-hybridized carbons (Fsp3) is 0.167. The molecule has 1 atom stereocenters. The average molecular weight is 543 g/mol. The van der Waals surface area contributed by atoms with Crippen LogP contribution in [-0.4, -0.2) is 22.9 Å². The lowest BCUT2D eigenvalue weighted by Crippen LogP contribution is -2.14. The van der Waals surface area contributed by atoms with E-state index in [1.54, 1.807) is 0 Å². The van der Waals surface area contributed by atoms with Gasteiger partial charge in [0.25, 0.3) is 0 Å². The third-order valence-corrected chi connectivity index (χ3v) is 8.73. The Hall–Kier alpha value is -4.15. The van der Waals surface area contributed by atoms with E-state index in [9.17, 15) is 9.59 Å². The maximum atomic E-state index is 13.8. The maximum Gasteiger partial charge on any atom is 0.339 e. The predicted octanol–water partition coefficient (Wildman–Crippen LogP) is 9.59. The van der Waals surface area contributed by atoms with Crippen molar-refractivity contribution in [2.24, 2.45) is 0 Å². The highest BCUT2D eigenvalue weighted by atomic mass is 32.2. The van der Waals surface area contributed by atoms with Gasteiger partial charge >= 0.3 is 5.97 Å². The third kappa shape index (κ3) is 5.07. The molecule has 198 valence electrons.